The van der Waals surface area contributed by atoms with Gasteiger partial charge in [0.2, 0.25) is 0 Å². The summed E-state index contributed by atoms with van der Waals surface area (Å²) in [5.74, 6) is 0. The highest BCUT2D eigenvalue weighted by Crippen LogP contribution is 2.30. The summed E-state index contributed by atoms with van der Waals surface area (Å²) in [6.45, 7) is 9.79. The van der Waals surface area contributed by atoms with Crippen molar-refractivity contribution in [2.75, 3.05) is 26.2 Å². The van der Waals surface area contributed by atoms with Crippen molar-refractivity contribution >= 4 is 37.7 Å². The zero-order valence-corrected chi connectivity index (χ0v) is 19.1. The van der Waals surface area contributed by atoms with Crippen LogP contribution in [0.2, 0.25) is 0 Å². The second-order valence-electron chi connectivity index (χ2n) is 8.26. The highest BCUT2D eigenvalue weighted by molar-refractivity contribution is 9.10. The molecule has 154 valence electrons. The van der Waals surface area contributed by atoms with Gasteiger partial charge in [-0.25, -0.2) is 0 Å². The van der Waals surface area contributed by atoms with E-state index in [2.05, 4.69) is 104 Å². The molecular weight excluding hydrogens is 434 g/mol. The number of aryl methyl sites for hydroxylation is 1. The number of piperazine rings is 1. The number of para-hydroxylation sites is 1. The molecule has 30 heavy (non-hydrogen) atoms. The fraction of sp³-hybridized carbons (Fsp3) is 0.308. The molecule has 0 N–H and O–H groups in total. The minimum Gasteiger partial charge on any atom is -0.341 e. The van der Waals surface area contributed by atoms with Crippen LogP contribution in [0, 0.1) is 0 Å². The van der Waals surface area contributed by atoms with E-state index in [4.69, 9.17) is 0 Å². The second-order valence-corrected chi connectivity index (χ2v) is 9.11. The fourth-order valence-corrected chi connectivity index (χ4v) is 5.18. The van der Waals surface area contributed by atoms with Gasteiger partial charge in [-0.15, -0.1) is 0 Å². The van der Waals surface area contributed by atoms with Crippen LogP contribution in [0.25, 0.3) is 21.8 Å². The van der Waals surface area contributed by atoms with Crippen LogP contribution < -0.4 is 0 Å². The van der Waals surface area contributed by atoms with Crippen LogP contribution in [0.1, 0.15) is 18.1 Å². The van der Waals surface area contributed by atoms with Crippen LogP contribution in [-0.2, 0) is 19.6 Å². The minimum atomic E-state index is 1.00. The Labute approximate surface area is 187 Å². The van der Waals surface area contributed by atoms with E-state index >= 15 is 0 Å². The number of aromatic nitrogens is 1. The average Bonchev–Trinajstić information content (AvgIpc) is 3.10. The van der Waals surface area contributed by atoms with Crippen LogP contribution in [-0.4, -0.2) is 40.5 Å². The van der Waals surface area contributed by atoms with Crippen LogP contribution in [0.15, 0.2) is 71.2 Å². The van der Waals surface area contributed by atoms with Gasteiger partial charge in [-0.2, -0.15) is 0 Å². The number of halogens is 1. The van der Waals surface area contributed by atoms with E-state index in [1.807, 2.05) is 0 Å². The van der Waals surface area contributed by atoms with E-state index in [1.54, 1.807) is 0 Å². The number of nitrogens with zero attached hydrogens (tertiary/aromatic N) is 3. The number of rotatable bonds is 5. The maximum atomic E-state index is 3.68. The van der Waals surface area contributed by atoms with Crippen molar-refractivity contribution in [2.45, 2.75) is 26.6 Å². The molecule has 0 atom stereocenters. The maximum absolute atomic E-state index is 3.68. The Hall–Kier alpha value is -2.14. The third-order valence-corrected chi connectivity index (χ3v) is 7.15. The van der Waals surface area contributed by atoms with Crippen LogP contribution in [0.3, 0.4) is 0 Å². The lowest BCUT2D eigenvalue weighted by molar-refractivity contribution is 0.122. The summed E-state index contributed by atoms with van der Waals surface area (Å²) in [6, 6.07) is 24.4. The molecule has 0 saturated carbocycles. The zero-order valence-electron chi connectivity index (χ0n) is 17.5. The fourth-order valence-electron chi connectivity index (χ4n) is 4.77. The zero-order chi connectivity index (χ0) is 20.5. The minimum absolute atomic E-state index is 1.00. The summed E-state index contributed by atoms with van der Waals surface area (Å²) in [6.07, 6.45) is 0. The van der Waals surface area contributed by atoms with Crippen LogP contribution >= 0.6 is 15.9 Å². The molecule has 1 fully saturated rings. The van der Waals surface area contributed by atoms with Crippen LogP contribution in [0.5, 0.6) is 0 Å². The van der Waals surface area contributed by atoms with Gasteiger partial charge in [0.05, 0.1) is 0 Å². The SMILES string of the molecule is CCn1c2ccccc2c2cc(CN3CCN(Cc4ccccc4Br)CC3)ccc21. The third kappa shape index (κ3) is 3.80. The van der Waals surface area contributed by atoms with E-state index in [9.17, 15) is 0 Å². The largest absolute Gasteiger partial charge is 0.341 e. The molecule has 0 spiro atoms. The van der Waals surface area contributed by atoms with E-state index < -0.39 is 0 Å². The average molecular weight is 462 g/mol. The standard InChI is InChI=1S/C26H28BrN3/c1-2-30-25-10-6-4-8-22(25)23-17-20(11-12-26(23)30)18-28-13-15-29(16-14-28)19-21-7-3-5-9-24(21)27/h3-12,17H,2,13-16,18-19H2,1H3. The Morgan fingerprint density at radius 3 is 2.17 bits per heavy atom. The molecule has 0 amide bonds. The Morgan fingerprint density at radius 2 is 1.40 bits per heavy atom. The van der Waals surface area contributed by atoms with Crippen LogP contribution in [0.4, 0.5) is 0 Å². The molecule has 1 saturated heterocycles. The molecule has 2 heterocycles. The van der Waals surface area contributed by atoms with Gasteiger partial charge < -0.3 is 4.57 Å². The predicted molar refractivity (Wildman–Crippen MR) is 130 cm³/mol. The lowest BCUT2D eigenvalue weighted by atomic mass is 10.1. The number of hydrogen-bond donors (Lipinski definition) is 0. The molecule has 1 aliphatic heterocycles. The van der Waals surface area contributed by atoms with Gasteiger partial charge in [0.1, 0.15) is 0 Å². The lowest BCUT2D eigenvalue weighted by Gasteiger charge is -2.35. The Kier molecular flexibility index (Phi) is 5.64. The second kappa shape index (κ2) is 8.54. The van der Waals surface area contributed by atoms with Crippen molar-refractivity contribution in [2.24, 2.45) is 0 Å². The van der Waals surface area contributed by atoms with E-state index in [0.717, 1.165) is 45.8 Å². The van der Waals surface area contributed by atoms with E-state index in [0.29, 0.717) is 0 Å². The van der Waals surface area contributed by atoms with Gasteiger partial charge in [-0.3, -0.25) is 9.80 Å². The van der Waals surface area contributed by atoms with Gasteiger partial charge in [-0.1, -0.05) is 58.4 Å². The van der Waals surface area contributed by atoms with Crippen molar-refractivity contribution in [3.63, 3.8) is 0 Å². The first-order valence-corrected chi connectivity index (χ1v) is 11.7. The number of hydrogen-bond acceptors (Lipinski definition) is 2. The van der Waals surface area contributed by atoms with Gasteiger partial charge in [-0.05, 0) is 42.3 Å². The number of fused-ring (bicyclic) bond motifs is 3. The van der Waals surface area contributed by atoms with Gasteiger partial charge >= 0.3 is 0 Å². The highest BCUT2D eigenvalue weighted by Gasteiger charge is 2.18. The molecule has 1 aliphatic rings. The Morgan fingerprint density at radius 1 is 0.733 bits per heavy atom. The normalized spacial score (nSPS) is 15.9. The molecular formula is C26H28BrN3. The topological polar surface area (TPSA) is 11.4 Å². The van der Waals surface area contributed by atoms with Crippen molar-refractivity contribution < 1.29 is 0 Å². The van der Waals surface area contributed by atoms with Crippen molar-refractivity contribution in [3.05, 3.63) is 82.3 Å². The quantitative estimate of drug-likeness (QED) is 0.366. The molecule has 0 unspecified atom stereocenters. The molecule has 4 aromatic rings. The highest BCUT2D eigenvalue weighted by atomic mass is 79.9. The molecule has 5 rings (SSSR count). The third-order valence-electron chi connectivity index (χ3n) is 6.38. The Bertz CT molecular complexity index is 1170. The Balaban J connectivity index is 1.29. The number of benzene rings is 3. The molecule has 1 aromatic heterocycles. The van der Waals surface area contributed by atoms with Gasteiger partial charge in [0.25, 0.3) is 0 Å². The summed E-state index contributed by atoms with van der Waals surface area (Å²) in [7, 11) is 0. The van der Waals surface area contributed by atoms with Crippen molar-refractivity contribution in [1.82, 2.24) is 14.4 Å². The lowest BCUT2D eigenvalue weighted by Crippen LogP contribution is -2.45. The molecule has 3 aromatic carbocycles. The first-order valence-electron chi connectivity index (χ1n) is 10.9. The molecule has 0 bridgehead atoms. The molecule has 0 radical (unpaired) electrons. The monoisotopic (exact) mass is 461 g/mol. The summed E-state index contributed by atoms with van der Waals surface area (Å²) in [5, 5.41) is 2.76. The van der Waals surface area contributed by atoms with E-state index in [-0.39, 0.29) is 0 Å². The molecule has 4 heteroatoms. The summed E-state index contributed by atoms with van der Waals surface area (Å²) in [4.78, 5) is 5.16. The van der Waals surface area contributed by atoms with Gasteiger partial charge in [0, 0.05) is 72.1 Å². The smallest absolute Gasteiger partial charge is 0.0491 e. The molecule has 0 aliphatic carbocycles. The van der Waals surface area contributed by atoms with E-state index in [1.165, 1.54) is 37.4 Å². The maximum Gasteiger partial charge on any atom is 0.0491 e. The summed E-state index contributed by atoms with van der Waals surface area (Å²) in [5.41, 5.74) is 5.48. The summed E-state index contributed by atoms with van der Waals surface area (Å²) >= 11 is 3.68. The van der Waals surface area contributed by atoms with Crippen molar-refractivity contribution in [3.8, 4) is 0 Å². The first kappa shape index (κ1) is 19.8. The predicted octanol–water partition coefficient (Wildman–Crippen LogP) is 5.89. The van der Waals surface area contributed by atoms with Crippen molar-refractivity contribution in [1.29, 1.82) is 0 Å². The molecule has 3 nitrogen and oxygen atoms in total. The first-order chi connectivity index (χ1) is 14.7. The van der Waals surface area contributed by atoms with Gasteiger partial charge in [0.15, 0.2) is 0 Å². The summed E-state index contributed by atoms with van der Waals surface area (Å²) < 4.78 is 3.64.